The number of pyridine rings is 1. The number of aromatic nitrogens is 1. The molecule has 2 aromatic rings. The fraction of sp³-hybridized carbons (Fsp3) is 0.150. The number of amides is 2. The quantitative estimate of drug-likeness (QED) is 0.652. The van der Waals surface area contributed by atoms with E-state index in [2.05, 4.69) is 10.3 Å². The number of anilines is 1. The van der Waals surface area contributed by atoms with Crippen LogP contribution in [-0.4, -0.2) is 23.8 Å². The van der Waals surface area contributed by atoms with Crippen LogP contribution in [0.1, 0.15) is 22.8 Å². The molecule has 5 heteroatoms. The average molecular weight is 335 g/mol. The largest absolute Gasteiger partial charge is 0.348 e. The minimum Gasteiger partial charge on any atom is -0.348 e. The Morgan fingerprint density at radius 3 is 2.40 bits per heavy atom. The Hall–Kier alpha value is -3.21. The third-order valence-corrected chi connectivity index (χ3v) is 3.57. The van der Waals surface area contributed by atoms with E-state index in [1.807, 2.05) is 37.3 Å². The third kappa shape index (κ3) is 5.42. The highest BCUT2D eigenvalue weighted by molar-refractivity contribution is 6.05. The average Bonchev–Trinajstić information content (AvgIpc) is 2.66. The second-order valence-corrected chi connectivity index (χ2v) is 5.37. The summed E-state index contributed by atoms with van der Waals surface area (Å²) in [4.78, 5) is 29.5. The molecule has 0 saturated heterocycles. The Morgan fingerprint density at radius 2 is 1.76 bits per heavy atom. The van der Waals surface area contributed by atoms with Crippen LogP contribution in [-0.2, 0) is 11.3 Å². The number of benzene rings is 1. The van der Waals surface area contributed by atoms with Gasteiger partial charge in [-0.1, -0.05) is 30.4 Å². The first-order chi connectivity index (χ1) is 12.1. The summed E-state index contributed by atoms with van der Waals surface area (Å²) in [5, 5.41) is 2.81. The molecule has 25 heavy (non-hydrogen) atoms. The molecule has 2 rings (SSSR count). The molecule has 0 bridgehead atoms. The fourth-order valence-corrected chi connectivity index (χ4v) is 2.14. The first-order valence-corrected chi connectivity index (χ1v) is 7.96. The lowest BCUT2D eigenvalue weighted by atomic mass is 10.1. The monoisotopic (exact) mass is 335 g/mol. The summed E-state index contributed by atoms with van der Waals surface area (Å²) in [6, 6.07) is 10.9. The first kappa shape index (κ1) is 18.1. The number of carbonyl (C=O) groups excluding carboxylic acids is 2. The summed E-state index contributed by atoms with van der Waals surface area (Å²) in [6.45, 7) is 2.32. The number of rotatable bonds is 6. The minimum absolute atomic E-state index is 0.0995. The Balaban J connectivity index is 1.95. The van der Waals surface area contributed by atoms with Gasteiger partial charge >= 0.3 is 0 Å². The molecule has 0 fully saturated rings. The molecule has 0 atom stereocenters. The SMILES string of the molecule is CC=CC=CC(=O)NCc1ccc(N(C)C(=O)c2ccncc2)cc1. The van der Waals surface area contributed by atoms with Crippen molar-refractivity contribution in [3.8, 4) is 0 Å². The van der Waals surface area contributed by atoms with Gasteiger partial charge in [0.1, 0.15) is 0 Å². The molecule has 128 valence electrons. The molecule has 0 spiro atoms. The van der Waals surface area contributed by atoms with E-state index < -0.39 is 0 Å². The standard InChI is InChI=1S/C20H21N3O2/c1-3-4-5-6-19(24)22-15-16-7-9-18(10-8-16)23(2)20(25)17-11-13-21-14-12-17/h3-14H,15H2,1-2H3,(H,22,24). The zero-order chi connectivity index (χ0) is 18.1. The summed E-state index contributed by atoms with van der Waals surface area (Å²) in [5.41, 5.74) is 2.33. The zero-order valence-electron chi connectivity index (χ0n) is 14.3. The summed E-state index contributed by atoms with van der Waals surface area (Å²) < 4.78 is 0. The van der Waals surface area contributed by atoms with Crippen LogP contribution in [0.2, 0.25) is 0 Å². The Kier molecular flexibility index (Phi) is 6.65. The van der Waals surface area contributed by atoms with Crippen LogP contribution in [0.15, 0.2) is 73.1 Å². The second kappa shape index (κ2) is 9.17. The molecule has 1 aromatic heterocycles. The minimum atomic E-state index is -0.146. The molecule has 0 radical (unpaired) electrons. The lowest BCUT2D eigenvalue weighted by molar-refractivity contribution is -0.116. The predicted molar refractivity (Wildman–Crippen MR) is 99.2 cm³/mol. The van der Waals surface area contributed by atoms with E-state index in [9.17, 15) is 9.59 Å². The van der Waals surface area contributed by atoms with Crippen molar-refractivity contribution >= 4 is 17.5 Å². The van der Waals surface area contributed by atoms with Crippen LogP contribution < -0.4 is 10.2 Å². The van der Waals surface area contributed by atoms with Gasteiger partial charge in [-0.2, -0.15) is 0 Å². The van der Waals surface area contributed by atoms with Crippen molar-refractivity contribution < 1.29 is 9.59 Å². The molecule has 1 heterocycles. The molecule has 0 aliphatic heterocycles. The van der Waals surface area contributed by atoms with E-state index in [1.165, 1.54) is 6.08 Å². The van der Waals surface area contributed by atoms with Crippen molar-refractivity contribution in [3.05, 3.63) is 84.2 Å². The van der Waals surface area contributed by atoms with Crippen molar-refractivity contribution in [1.29, 1.82) is 0 Å². The number of allylic oxidation sites excluding steroid dienone is 3. The predicted octanol–water partition coefficient (Wildman–Crippen LogP) is 3.11. The lowest BCUT2D eigenvalue weighted by Gasteiger charge is -2.17. The molecule has 0 saturated carbocycles. The molecule has 0 aliphatic carbocycles. The molecule has 0 aliphatic rings. The van der Waals surface area contributed by atoms with E-state index in [0.717, 1.165) is 11.3 Å². The van der Waals surface area contributed by atoms with E-state index in [1.54, 1.807) is 48.6 Å². The smallest absolute Gasteiger partial charge is 0.258 e. The Labute approximate surface area is 147 Å². The Bertz CT molecular complexity index is 765. The summed E-state index contributed by atoms with van der Waals surface area (Å²) in [5.74, 6) is -0.246. The van der Waals surface area contributed by atoms with E-state index in [-0.39, 0.29) is 11.8 Å². The van der Waals surface area contributed by atoms with Crippen LogP contribution in [0, 0.1) is 0 Å². The summed E-state index contributed by atoms with van der Waals surface area (Å²) in [6.07, 6.45) is 10.0. The maximum atomic E-state index is 12.4. The molecular formula is C20H21N3O2. The zero-order valence-corrected chi connectivity index (χ0v) is 14.3. The van der Waals surface area contributed by atoms with E-state index in [4.69, 9.17) is 0 Å². The maximum Gasteiger partial charge on any atom is 0.258 e. The second-order valence-electron chi connectivity index (χ2n) is 5.37. The third-order valence-electron chi connectivity index (χ3n) is 3.57. The summed E-state index contributed by atoms with van der Waals surface area (Å²) >= 11 is 0. The van der Waals surface area contributed by atoms with Crippen molar-refractivity contribution in [1.82, 2.24) is 10.3 Å². The fourth-order valence-electron chi connectivity index (χ4n) is 2.14. The number of nitrogens with one attached hydrogen (secondary N) is 1. The van der Waals surface area contributed by atoms with Gasteiger partial charge in [0.2, 0.25) is 5.91 Å². The highest BCUT2D eigenvalue weighted by Crippen LogP contribution is 2.16. The van der Waals surface area contributed by atoms with Gasteiger partial charge in [-0.05, 0) is 36.8 Å². The van der Waals surface area contributed by atoms with Crippen molar-refractivity contribution in [2.75, 3.05) is 11.9 Å². The molecule has 1 N–H and O–H groups in total. The summed E-state index contributed by atoms with van der Waals surface area (Å²) in [7, 11) is 1.73. The van der Waals surface area contributed by atoms with Gasteiger partial charge in [-0.25, -0.2) is 0 Å². The first-order valence-electron chi connectivity index (χ1n) is 7.96. The van der Waals surface area contributed by atoms with Crippen molar-refractivity contribution in [2.45, 2.75) is 13.5 Å². The van der Waals surface area contributed by atoms with Crippen LogP contribution in [0.4, 0.5) is 5.69 Å². The molecule has 0 unspecified atom stereocenters. The number of carbonyl (C=O) groups is 2. The normalized spacial score (nSPS) is 11.0. The highest BCUT2D eigenvalue weighted by atomic mass is 16.2. The van der Waals surface area contributed by atoms with Crippen LogP contribution in [0.25, 0.3) is 0 Å². The Morgan fingerprint density at radius 1 is 1.08 bits per heavy atom. The van der Waals surface area contributed by atoms with Gasteiger partial charge < -0.3 is 10.2 Å². The van der Waals surface area contributed by atoms with Crippen LogP contribution in [0.3, 0.4) is 0 Å². The van der Waals surface area contributed by atoms with E-state index >= 15 is 0 Å². The number of hydrogen-bond donors (Lipinski definition) is 1. The van der Waals surface area contributed by atoms with Crippen molar-refractivity contribution in [2.24, 2.45) is 0 Å². The van der Waals surface area contributed by atoms with E-state index in [0.29, 0.717) is 12.1 Å². The number of hydrogen-bond acceptors (Lipinski definition) is 3. The van der Waals surface area contributed by atoms with Gasteiger partial charge in [-0.15, -0.1) is 0 Å². The van der Waals surface area contributed by atoms with Crippen molar-refractivity contribution in [3.63, 3.8) is 0 Å². The molecule has 5 nitrogen and oxygen atoms in total. The molecule has 1 aromatic carbocycles. The lowest BCUT2D eigenvalue weighted by Crippen LogP contribution is -2.26. The number of nitrogens with zero attached hydrogens (tertiary/aromatic N) is 2. The van der Waals surface area contributed by atoms with Gasteiger partial charge in [0, 0.05) is 43.3 Å². The topological polar surface area (TPSA) is 62.3 Å². The molecule has 2 amide bonds. The molecular weight excluding hydrogens is 314 g/mol. The van der Waals surface area contributed by atoms with Gasteiger partial charge in [-0.3, -0.25) is 14.6 Å². The highest BCUT2D eigenvalue weighted by Gasteiger charge is 2.12. The van der Waals surface area contributed by atoms with Gasteiger partial charge in [0.25, 0.3) is 5.91 Å². The maximum absolute atomic E-state index is 12.4. The van der Waals surface area contributed by atoms with Gasteiger partial charge in [0.05, 0.1) is 0 Å². The van der Waals surface area contributed by atoms with Gasteiger partial charge in [0.15, 0.2) is 0 Å². The van der Waals surface area contributed by atoms with Crippen LogP contribution in [0.5, 0.6) is 0 Å². The van der Waals surface area contributed by atoms with Crippen LogP contribution >= 0.6 is 0 Å².